The van der Waals surface area contributed by atoms with Gasteiger partial charge in [-0.05, 0) is 18.4 Å². The molecule has 2 atom stereocenters. The van der Waals surface area contributed by atoms with E-state index in [9.17, 15) is 9.18 Å². The van der Waals surface area contributed by atoms with Gasteiger partial charge in [-0.15, -0.1) is 0 Å². The van der Waals surface area contributed by atoms with E-state index in [1.807, 2.05) is 13.0 Å². The van der Waals surface area contributed by atoms with E-state index in [2.05, 4.69) is 13.8 Å². The monoisotopic (exact) mass is 347 g/mol. The summed E-state index contributed by atoms with van der Waals surface area (Å²) in [5.41, 5.74) is 0.0485. The first kappa shape index (κ1) is 21.2. The highest BCUT2D eigenvalue weighted by Gasteiger charge is 2.17. The van der Waals surface area contributed by atoms with E-state index in [-0.39, 0.29) is 29.6 Å². The topological polar surface area (TPSA) is 50.1 Å². The van der Waals surface area contributed by atoms with E-state index in [0.717, 1.165) is 25.3 Å². The highest BCUT2D eigenvalue weighted by atomic mass is 19.1. The Kier molecular flexibility index (Phi) is 9.84. The lowest BCUT2D eigenvalue weighted by molar-refractivity contribution is -0.143. The fourth-order valence-electron chi connectivity index (χ4n) is 2.81. The van der Waals surface area contributed by atoms with Crippen LogP contribution in [0.25, 0.3) is 0 Å². The van der Waals surface area contributed by atoms with Crippen LogP contribution in [0.2, 0.25) is 0 Å². The van der Waals surface area contributed by atoms with Crippen molar-refractivity contribution >= 4 is 5.97 Å². The number of carbonyl (C=O) groups is 1. The Bertz CT molecular complexity index is 569. The highest BCUT2D eigenvalue weighted by Crippen LogP contribution is 2.22. The van der Waals surface area contributed by atoms with Crippen LogP contribution < -0.4 is 0 Å². The zero-order chi connectivity index (χ0) is 18.7. The molecule has 1 aliphatic carbocycles. The van der Waals surface area contributed by atoms with Gasteiger partial charge in [0.1, 0.15) is 11.6 Å². The van der Waals surface area contributed by atoms with Gasteiger partial charge in [-0.25, -0.2) is 4.39 Å². The Labute approximate surface area is 151 Å². The van der Waals surface area contributed by atoms with Crippen molar-refractivity contribution in [3.8, 4) is 6.07 Å². The Morgan fingerprint density at radius 2 is 2.00 bits per heavy atom. The van der Waals surface area contributed by atoms with E-state index >= 15 is 0 Å². The Hall–Kier alpha value is -1.89. The molecule has 0 fully saturated rings. The third-order valence-electron chi connectivity index (χ3n) is 4.55. The number of ether oxygens (including phenoxy) is 1. The molecule has 138 valence electrons. The molecule has 4 heteroatoms. The van der Waals surface area contributed by atoms with Crippen molar-refractivity contribution in [3.63, 3.8) is 0 Å². The minimum atomic E-state index is -0.635. The zero-order valence-corrected chi connectivity index (χ0v) is 15.7. The van der Waals surface area contributed by atoms with E-state index in [0.29, 0.717) is 5.92 Å². The van der Waals surface area contributed by atoms with Crippen LogP contribution in [0.5, 0.6) is 0 Å². The molecule has 0 heterocycles. The maximum absolute atomic E-state index is 13.8. The molecule has 1 rings (SSSR count). The summed E-state index contributed by atoms with van der Waals surface area (Å²) in [6, 6.07) is 1.82. The lowest BCUT2D eigenvalue weighted by atomic mass is 9.95. The van der Waals surface area contributed by atoms with Crippen molar-refractivity contribution in [2.75, 3.05) is 0 Å². The van der Waals surface area contributed by atoms with E-state index in [1.54, 1.807) is 12.2 Å². The minimum absolute atomic E-state index is 0.0485. The number of carbonyl (C=O) groups excluding carboxylic acids is 1. The summed E-state index contributed by atoms with van der Waals surface area (Å²) in [6.45, 7) is 6.32. The summed E-state index contributed by atoms with van der Waals surface area (Å²) in [5, 5.41) is 8.83. The van der Waals surface area contributed by atoms with Gasteiger partial charge in [0.15, 0.2) is 0 Å². The third kappa shape index (κ3) is 8.16. The van der Waals surface area contributed by atoms with Gasteiger partial charge < -0.3 is 4.74 Å². The van der Waals surface area contributed by atoms with Crippen LogP contribution in [0, 0.1) is 23.2 Å². The number of hydrogen-bond donors (Lipinski definition) is 0. The van der Waals surface area contributed by atoms with Crippen LogP contribution in [0.1, 0.15) is 72.1 Å². The van der Waals surface area contributed by atoms with E-state index < -0.39 is 5.83 Å². The van der Waals surface area contributed by atoms with Crippen LogP contribution in [-0.2, 0) is 9.53 Å². The van der Waals surface area contributed by atoms with Gasteiger partial charge in [0.25, 0.3) is 0 Å². The molecule has 0 aromatic rings. The minimum Gasteiger partial charge on any atom is -0.426 e. The first-order valence-corrected chi connectivity index (χ1v) is 9.36. The van der Waals surface area contributed by atoms with Crippen molar-refractivity contribution in [3.05, 3.63) is 35.4 Å². The standard InChI is InChI=1S/C21H30FNO2/c1-4-5-6-9-16(2)10-7-11-17(3)21(24)25-19-13-8-12-18(15-23)20(22)14-19/h8,13-14,16-17H,4-7,9-12H2,1-3H3. The summed E-state index contributed by atoms with van der Waals surface area (Å²) in [4.78, 5) is 12.2. The third-order valence-corrected chi connectivity index (χ3v) is 4.55. The predicted octanol–water partition coefficient (Wildman–Crippen LogP) is 6.14. The predicted molar refractivity (Wildman–Crippen MR) is 98.0 cm³/mol. The lowest BCUT2D eigenvalue weighted by Crippen LogP contribution is -2.14. The molecule has 0 aromatic heterocycles. The number of halogens is 1. The van der Waals surface area contributed by atoms with Gasteiger partial charge in [0.05, 0.1) is 17.6 Å². The number of nitriles is 1. The molecule has 3 nitrogen and oxygen atoms in total. The smallest absolute Gasteiger partial charge is 0.314 e. The second kappa shape index (κ2) is 11.6. The molecule has 0 aliphatic heterocycles. The van der Waals surface area contributed by atoms with Crippen molar-refractivity contribution in [2.45, 2.75) is 72.1 Å². The molecule has 1 aliphatic rings. The number of allylic oxidation sites excluding steroid dienone is 5. The Morgan fingerprint density at radius 1 is 1.28 bits per heavy atom. The van der Waals surface area contributed by atoms with Gasteiger partial charge in [0, 0.05) is 12.5 Å². The molecule has 0 bridgehead atoms. The normalized spacial score (nSPS) is 16.7. The number of nitrogens with zero attached hydrogens (tertiary/aromatic N) is 1. The lowest BCUT2D eigenvalue weighted by Gasteiger charge is -2.14. The first-order chi connectivity index (χ1) is 12.0. The van der Waals surface area contributed by atoms with Gasteiger partial charge in [0.2, 0.25) is 0 Å². The van der Waals surface area contributed by atoms with Crippen molar-refractivity contribution in [2.24, 2.45) is 11.8 Å². The second-order valence-electron chi connectivity index (χ2n) is 6.95. The molecular formula is C21H30FNO2. The number of hydrogen-bond acceptors (Lipinski definition) is 3. The quantitative estimate of drug-likeness (QED) is 0.352. The molecule has 2 unspecified atom stereocenters. The zero-order valence-electron chi connectivity index (χ0n) is 15.7. The van der Waals surface area contributed by atoms with Crippen LogP contribution in [0.4, 0.5) is 4.39 Å². The Balaban J connectivity index is 2.40. The van der Waals surface area contributed by atoms with E-state index in [4.69, 9.17) is 10.00 Å². The van der Waals surface area contributed by atoms with Crippen molar-refractivity contribution in [1.29, 1.82) is 5.26 Å². The summed E-state index contributed by atoms with van der Waals surface area (Å²) in [7, 11) is 0. The molecule has 25 heavy (non-hydrogen) atoms. The Morgan fingerprint density at radius 3 is 2.68 bits per heavy atom. The molecule has 0 saturated heterocycles. The number of rotatable bonds is 10. The molecule has 0 radical (unpaired) electrons. The second-order valence-corrected chi connectivity index (χ2v) is 6.95. The maximum atomic E-state index is 13.8. The van der Waals surface area contributed by atoms with E-state index in [1.165, 1.54) is 25.7 Å². The summed E-state index contributed by atoms with van der Waals surface area (Å²) in [6.07, 6.45) is 12.4. The molecule has 0 saturated carbocycles. The largest absolute Gasteiger partial charge is 0.426 e. The molecular weight excluding hydrogens is 317 g/mol. The van der Waals surface area contributed by atoms with Crippen LogP contribution >= 0.6 is 0 Å². The van der Waals surface area contributed by atoms with Crippen molar-refractivity contribution < 1.29 is 13.9 Å². The van der Waals surface area contributed by atoms with Crippen LogP contribution in [0.3, 0.4) is 0 Å². The SMILES string of the molecule is CCCCCC(C)CCCC(C)C(=O)OC1=CC(F)=C(C#N)CC=C1. The molecule has 0 N–H and O–H groups in total. The van der Waals surface area contributed by atoms with Gasteiger partial charge >= 0.3 is 5.97 Å². The fraction of sp³-hybridized carbons (Fsp3) is 0.619. The van der Waals surface area contributed by atoms with Crippen molar-refractivity contribution in [1.82, 2.24) is 0 Å². The summed E-state index contributed by atoms with van der Waals surface area (Å²) < 4.78 is 19.1. The average Bonchev–Trinajstić information content (AvgIpc) is 2.75. The van der Waals surface area contributed by atoms with Crippen LogP contribution in [0.15, 0.2) is 35.4 Å². The molecule has 0 amide bonds. The summed E-state index contributed by atoms with van der Waals surface area (Å²) in [5.74, 6) is -0.354. The molecule has 0 spiro atoms. The molecule has 0 aromatic carbocycles. The summed E-state index contributed by atoms with van der Waals surface area (Å²) >= 11 is 0. The van der Waals surface area contributed by atoms with Gasteiger partial charge in [-0.2, -0.15) is 5.26 Å². The van der Waals surface area contributed by atoms with Gasteiger partial charge in [-0.3, -0.25) is 4.79 Å². The number of esters is 1. The van der Waals surface area contributed by atoms with Crippen LogP contribution in [-0.4, -0.2) is 5.97 Å². The first-order valence-electron chi connectivity index (χ1n) is 9.36. The fourth-order valence-corrected chi connectivity index (χ4v) is 2.81. The maximum Gasteiger partial charge on any atom is 0.314 e. The number of unbranched alkanes of at least 4 members (excludes halogenated alkanes) is 2. The highest BCUT2D eigenvalue weighted by molar-refractivity contribution is 5.73. The average molecular weight is 347 g/mol. The van der Waals surface area contributed by atoms with Gasteiger partial charge in [-0.1, -0.05) is 65.4 Å².